The Morgan fingerprint density at radius 1 is 1.32 bits per heavy atom. The van der Waals surface area contributed by atoms with Crippen molar-refractivity contribution in [1.82, 2.24) is 0 Å². The molecule has 1 aromatic rings. The maximum Gasteiger partial charge on any atom is 0.249 e. The maximum atomic E-state index is 12.8. The third-order valence-electron chi connectivity index (χ3n) is 3.07. The summed E-state index contributed by atoms with van der Waals surface area (Å²) in [6.45, 7) is 0. The molecule has 3 nitrogen and oxygen atoms in total. The minimum atomic E-state index is -2.54. The van der Waals surface area contributed by atoms with Gasteiger partial charge in [0.2, 0.25) is 5.92 Å². The van der Waals surface area contributed by atoms with Gasteiger partial charge in [-0.2, -0.15) is 10.5 Å². The Morgan fingerprint density at radius 2 is 2.00 bits per heavy atom. The van der Waals surface area contributed by atoms with Crippen molar-refractivity contribution in [2.45, 2.75) is 24.7 Å². The molecule has 96 valence electrons. The van der Waals surface area contributed by atoms with Crippen LogP contribution in [0.1, 0.15) is 24.3 Å². The van der Waals surface area contributed by atoms with Crippen molar-refractivity contribution in [3.63, 3.8) is 0 Å². The van der Waals surface area contributed by atoms with Crippen LogP contribution in [0.25, 0.3) is 0 Å². The summed E-state index contributed by atoms with van der Waals surface area (Å²) in [5.74, 6) is -2.66. The zero-order chi connectivity index (χ0) is 13.9. The molecule has 1 aromatic carbocycles. The number of hydrogen-bond donors (Lipinski definition) is 1. The highest BCUT2D eigenvalue weighted by Crippen LogP contribution is 2.48. The second-order valence-corrected chi connectivity index (χ2v) is 4.51. The van der Waals surface area contributed by atoms with Crippen molar-refractivity contribution < 1.29 is 8.78 Å². The molecule has 0 unspecified atom stereocenters. The van der Waals surface area contributed by atoms with Crippen molar-refractivity contribution in [1.29, 1.82) is 10.5 Å². The number of halogens is 2. The van der Waals surface area contributed by atoms with Crippen LogP contribution in [-0.2, 0) is 0 Å². The van der Waals surface area contributed by atoms with Crippen molar-refractivity contribution >= 4 is 5.69 Å². The molecule has 0 radical (unpaired) electrons. The molecule has 0 saturated heterocycles. The van der Waals surface area contributed by atoms with Crippen LogP contribution in [0.5, 0.6) is 0 Å². The number of nitriles is 2. The molecule has 5 heteroatoms. The van der Waals surface area contributed by atoms with Gasteiger partial charge in [-0.05, 0) is 23.6 Å². The fourth-order valence-electron chi connectivity index (χ4n) is 2.02. The molecule has 0 aromatic heterocycles. The van der Waals surface area contributed by atoms with E-state index < -0.39 is 5.92 Å². The van der Waals surface area contributed by atoms with E-state index in [-0.39, 0.29) is 24.3 Å². The Balaban J connectivity index is 2.07. The van der Waals surface area contributed by atoms with Gasteiger partial charge in [0.05, 0.1) is 0 Å². The first-order valence-electron chi connectivity index (χ1n) is 5.79. The minimum absolute atomic E-state index is 0.0411. The van der Waals surface area contributed by atoms with Gasteiger partial charge in [0.25, 0.3) is 0 Å². The lowest BCUT2D eigenvalue weighted by molar-refractivity contribution is -0.0867. The average molecular weight is 259 g/mol. The van der Waals surface area contributed by atoms with Crippen LogP contribution in [-0.4, -0.2) is 5.92 Å². The lowest BCUT2D eigenvalue weighted by Gasteiger charge is -2.35. The van der Waals surface area contributed by atoms with Crippen LogP contribution < -0.4 is 5.32 Å². The number of nitrogens with zero attached hydrogens (tertiary/aromatic N) is 2. The van der Waals surface area contributed by atoms with Gasteiger partial charge >= 0.3 is 0 Å². The molecule has 19 heavy (non-hydrogen) atoms. The molecule has 0 spiro atoms. The van der Waals surface area contributed by atoms with E-state index in [2.05, 4.69) is 5.32 Å². The predicted octanol–water partition coefficient (Wildman–Crippen LogP) is 3.54. The third kappa shape index (κ3) is 3.08. The Kier molecular flexibility index (Phi) is 3.48. The topological polar surface area (TPSA) is 59.6 Å². The Bertz CT molecular complexity index is 569. The fraction of sp³-hybridized carbons (Fsp3) is 0.286. The Morgan fingerprint density at radius 3 is 2.58 bits per heavy atom. The zero-order valence-electron chi connectivity index (χ0n) is 10.0. The lowest BCUT2D eigenvalue weighted by Crippen LogP contribution is -2.33. The van der Waals surface area contributed by atoms with Gasteiger partial charge < -0.3 is 5.32 Å². The van der Waals surface area contributed by atoms with Crippen LogP contribution in [0.3, 0.4) is 0 Å². The monoisotopic (exact) mass is 259 g/mol. The van der Waals surface area contributed by atoms with E-state index in [1.807, 2.05) is 6.07 Å². The first kappa shape index (κ1) is 13.0. The van der Waals surface area contributed by atoms with Gasteiger partial charge in [0.15, 0.2) is 0 Å². The van der Waals surface area contributed by atoms with E-state index in [1.54, 1.807) is 30.3 Å². The van der Waals surface area contributed by atoms with Crippen LogP contribution in [0, 0.1) is 22.7 Å². The molecule has 0 bridgehead atoms. The number of anilines is 1. The molecule has 0 atom stereocenters. The third-order valence-corrected chi connectivity index (χ3v) is 3.07. The second-order valence-electron chi connectivity index (χ2n) is 4.51. The van der Waals surface area contributed by atoms with E-state index in [0.29, 0.717) is 5.69 Å². The van der Waals surface area contributed by atoms with Crippen LogP contribution >= 0.6 is 0 Å². The summed E-state index contributed by atoms with van der Waals surface area (Å²) >= 11 is 0. The summed E-state index contributed by atoms with van der Waals surface area (Å²) in [6.07, 6.45) is 1.07. The number of nitrogens with one attached hydrogen (secondary N) is 1. The molecule has 0 aliphatic heterocycles. The van der Waals surface area contributed by atoms with Crippen molar-refractivity contribution in [3.05, 3.63) is 41.6 Å². The summed E-state index contributed by atoms with van der Waals surface area (Å²) in [5, 5.41) is 20.0. The number of hydrogen-bond acceptors (Lipinski definition) is 3. The molecule has 1 fully saturated rings. The van der Waals surface area contributed by atoms with E-state index >= 15 is 0 Å². The van der Waals surface area contributed by atoms with E-state index in [9.17, 15) is 8.78 Å². The first-order chi connectivity index (χ1) is 9.04. The summed E-state index contributed by atoms with van der Waals surface area (Å²) < 4.78 is 25.6. The average Bonchev–Trinajstić information content (AvgIpc) is 2.37. The number of rotatable bonds is 3. The normalized spacial score (nSPS) is 16.6. The van der Waals surface area contributed by atoms with Gasteiger partial charge in [-0.15, -0.1) is 0 Å². The first-order valence-corrected chi connectivity index (χ1v) is 5.79. The molecule has 0 heterocycles. The molecule has 2 rings (SSSR count). The molecular weight excluding hydrogens is 248 g/mol. The maximum absolute atomic E-state index is 12.8. The molecule has 1 aliphatic carbocycles. The SMILES string of the molecule is N#CC(C#N)=CNc1cccc(C2CC(F)(F)C2)c1. The van der Waals surface area contributed by atoms with Gasteiger partial charge in [-0.1, -0.05) is 12.1 Å². The smallest absolute Gasteiger partial charge is 0.249 e. The second kappa shape index (κ2) is 5.07. The van der Waals surface area contributed by atoms with Crippen molar-refractivity contribution in [2.75, 3.05) is 5.32 Å². The van der Waals surface area contributed by atoms with E-state index in [1.165, 1.54) is 6.20 Å². The molecule has 1 N–H and O–H groups in total. The van der Waals surface area contributed by atoms with E-state index in [0.717, 1.165) is 5.56 Å². The standard InChI is InChI=1S/C14H11F2N3/c15-14(16)5-12(6-14)11-2-1-3-13(4-11)19-9-10(7-17)8-18/h1-4,9,12,19H,5-6H2. The Hall–Kier alpha value is -2.40. The van der Waals surface area contributed by atoms with Crippen LogP contribution in [0.2, 0.25) is 0 Å². The van der Waals surface area contributed by atoms with Gasteiger partial charge in [-0.3, -0.25) is 0 Å². The summed E-state index contributed by atoms with van der Waals surface area (Å²) in [5.41, 5.74) is 1.48. The highest BCUT2D eigenvalue weighted by atomic mass is 19.3. The van der Waals surface area contributed by atoms with E-state index in [4.69, 9.17) is 10.5 Å². The highest BCUT2D eigenvalue weighted by molar-refractivity contribution is 5.51. The van der Waals surface area contributed by atoms with Crippen molar-refractivity contribution in [2.24, 2.45) is 0 Å². The fourth-order valence-corrected chi connectivity index (χ4v) is 2.02. The quantitative estimate of drug-likeness (QED) is 0.844. The summed E-state index contributed by atoms with van der Waals surface area (Å²) in [6, 6.07) is 10.6. The summed E-state index contributed by atoms with van der Waals surface area (Å²) in [7, 11) is 0. The highest BCUT2D eigenvalue weighted by Gasteiger charge is 2.45. The lowest BCUT2D eigenvalue weighted by atomic mass is 9.77. The minimum Gasteiger partial charge on any atom is -0.360 e. The zero-order valence-corrected chi connectivity index (χ0v) is 10.0. The van der Waals surface area contributed by atoms with Crippen LogP contribution in [0.4, 0.5) is 14.5 Å². The number of alkyl halides is 2. The predicted molar refractivity (Wildman–Crippen MR) is 66.3 cm³/mol. The van der Waals surface area contributed by atoms with Gasteiger partial charge in [0.1, 0.15) is 17.7 Å². The number of benzene rings is 1. The molecular formula is C14H11F2N3. The molecule has 0 amide bonds. The number of allylic oxidation sites excluding steroid dienone is 1. The van der Waals surface area contributed by atoms with Gasteiger partial charge in [0, 0.05) is 24.7 Å². The molecule has 1 saturated carbocycles. The van der Waals surface area contributed by atoms with Crippen LogP contribution in [0.15, 0.2) is 36.0 Å². The summed E-state index contributed by atoms with van der Waals surface area (Å²) in [4.78, 5) is 0. The van der Waals surface area contributed by atoms with Gasteiger partial charge in [-0.25, -0.2) is 8.78 Å². The Labute approximate surface area is 109 Å². The largest absolute Gasteiger partial charge is 0.360 e. The molecule has 1 aliphatic rings. The van der Waals surface area contributed by atoms with Crippen molar-refractivity contribution in [3.8, 4) is 12.1 Å².